The molecule has 3 aromatic carbocycles. The van der Waals surface area contributed by atoms with Crippen LogP contribution in [0.4, 0.5) is 0 Å². The van der Waals surface area contributed by atoms with Gasteiger partial charge in [0.15, 0.2) is 0 Å². The molecule has 0 saturated heterocycles. The molecule has 2 heteroatoms. The molecule has 0 aliphatic carbocycles. The minimum atomic E-state index is -0.161. The second-order valence-corrected chi connectivity index (χ2v) is 5.78. The van der Waals surface area contributed by atoms with Crippen molar-refractivity contribution in [3.05, 3.63) is 107 Å². The molecular formula is C22H21NO. The number of hydrogen-bond acceptors (Lipinski definition) is 1. The molecule has 0 bridgehead atoms. The van der Waals surface area contributed by atoms with E-state index >= 15 is 0 Å². The SMILES string of the molecule is CCc1ccc(C(=O)NC(c2ccccc2)c2ccccc2)cc1. The first kappa shape index (κ1) is 16.0. The molecule has 0 spiro atoms. The first-order chi connectivity index (χ1) is 11.8. The molecule has 0 atom stereocenters. The maximum Gasteiger partial charge on any atom is 0.252 e. The van der Waals surface area contributed by atoms with E-state index in [0.717, 1.165) is 17.5 Å². The fourth-order valence-electron chi connectivity index (χ4n) is 2.76. The van der Waals surface area contributed by atoms with E-state index in [2.05, 4.69) is 12.2 Å². The van der Waals surface area contributed by atoms with Crippen LogP contribution in [-0.2, 0) is 6.42 Å². The predicted octanol–water partition coefficient (Wildman–Crippen LogP) is 4.77. The van der Waals surface area contributed by atoms with Crippen molar-refractivity contribution in [3.63, 3.8) is 0 Å². The van der Waals surface area contributed by atoms with Gasteiger partial charge >= 0.3 is 0 Å². The number of amides is 1. The van der Waals surface area contributed by atoms with Gasteiger partial charge in [0.05, 0.1) is 6.04 Å². The van der Waals surface area contributed by atoms with Crippen molar-refractivity contribution in [2.45, 2.75) is 19.4 Å². The lowest BCUT2D eigenvalue weighted by molar-refractivity contribution is 0.0943. The standard InChI is InChI=1S/C22H21NO/c1-2-17-13-15-20(16-14-17)22(24)23-21(18-9-5-3-6-10-18)19-11-7-4-8-12-19/h3-16,21H,2H2,1H3,(H,23,24). The highest BCUT2D eigenvalue weighted by Gasteiger charge is 2.17. The summed E-state index contributed by atoms with van der Waals surface area (Å²) in [7, 11) is 0. The number of nitrogens with one attached hydrogen (secondary N) is 1. The molecule has 0 fully saturated rings. The second-order valence-electron chi connectivity index (χ2n) is 5.78. The van der Waals surface area contributed by atoms with Crippen molar-refractivity contribution in [2.75, 3.05) is 0 Å². The Balaban J connectivity index is 1.87. The van der Waals surface area contributed by atoms with Crippen LogP contribution in [0.25, 0.3) is 0 Å². The summed E-state index contributed by atoms with van der Waals surface area (Å²) in [6.45, 7) is 2.11. The van der Waals surface area contributed by atoms with E-state index in [-0.39, 0.29) is 11.9 Å². The van der Waals surface area contributed by atoms with E-state index in [9.17, 15) is 4.79 Å². The smallest absolute Gasteiger partial charge is 0.252 e. The number of benzene rings is 3. The van der Waals surface area contributed by atoms with Crippen LogP contribution in [0.2, 0.25) is 0 Å². The Kier molecular flexibility index (Phi) is 5.07. The van der Waals surface area contributed by atoms with Crippen molar-refractivity contribution in [1.29, 1.82) is 0 Å². The largest absolute Gasteiger partial charge is 0.341 e. The molecule has 24 heavy (non-hydrogen) atoms. The van der Waals surface area contributed by atoms with E-state index in [0.29, 0.717) is 5.56 Å². The van der Waals surface area contributed by atoms with E-state index in [1.54, 1.807) is 0 Å². The third-order valence-corrected chi connectivity index (χ3v) is 4.17. The molecule has 0 aliphatic heterocycles. The fraction of sp³-hybridized carbons (Fsp3) is 0.136. The van der Waals surface area contributed by atoms with Crippen LogP contribution in [0.5, 0.6) is 0 Å². The Labute approximate surface area is 143 Å². The van der Waals surface area contributed by atoms with Crippen LogP contribution in [-0.4, -0.2) is 5.91 Å². The number of aryl methyl sites for hydroxylation is 1. The fourth-order valence-corrected chi connectivity index (χ4v) is 2.76. The van der Waals surface area contributed by atoms with Gasteiger partial charge in [-0.05, 0) is 35.2 Å². The molecular weight excluding hydrogens is 294 g/mol. The first-order valence-corrected chi connectivity index (χ1v) is 8.27. The summed E-state index contributed by atoms with van der Waals surface area (Å²) in [5.41, 5.74) is 4.06. The lowest BCUT2D eigenvalue weighted by Crippen LogP contribution is -2.29. The Morgan fingerprint density at radius 1 is 0.792 bits per heavy atom. The molecule has 0 heterocycles. The van der Waals surface area contributed by atoms with Crippen LogP contribution in [0, 0.1) is 0 Å². The summed E-state index contributed by atoms with van der Waals surface area (Å²) >= 11 is 0. The maximum atomic E-state index is 12.7. The Morgan fingerprint density at radius 3 is 1.75 bits per heavy atom. The number of carbonyl (C=O) groups excluding carboxylic acids is 1. The summed E-state index contributed by atoms with van der Waals surface area (Å²) < 4.78 is 0. The molecule has 1 N–H and O–H groups in total. The second kappa shape index (κ2) is 7.60. The molecule has 2 nitrogen and oxygen atoms in total. The third kappa shape index (κ3) is 3.72. The minimum absolute atomic E-state index is 0.0599. The molecule has 0 radical (unpaired) electrons. The molecule has 3 aromatic rings. The van der Waals surface area contributed by atoms with E-state index < -0.39 is 0 Å². The summed E-state index contributed by atoms with van der Waals surface area (Å²) in [6, 6.07) is 27.7. The Morgan fingerprint density at radius 2 is 1.29 bits per heavy atom. The summed E-state index contributed by atoms with van der Waals surface area (Å²) in [5.74, 6) is -0.0599. The van der Waals surface area contributed by atoms with Gasteiger partial charge in [-0.2, -0.15) is 0 Å². The average Bonchev–Trinajstić information content (AvgIpc) is 2.67. The molecule has 0 aromatic heterocycles. The first-order valence-electron chi connectivity index (χ1n) is 8.27. The molecule has 3 rings (SSSR count). The van der Waals surface area contributed by atoms with Gasteiger partial charge in [0, 0.05) is 5.56 Å². The molecule has 1 amide bonds. The highest BCUT2D eigenvalue weighted by Crippen LogP contribution is 2.22. The quantitative estimate of drug-likeness (QED) is 0.722. The van der Waals surface area contributed by atoms with Gasteiger partial charge in [0.1, 0.15) is 0 Å². The highest BCUT2D eigenvalue weighted by atomic mass is 16.1. The van der Waals surface area contributed by atoms with Gasteiger partial charge in [-0.15, -0.1) is 0 Å². The monoisotopic (exact) mass is 315 g/mol. The number of hydrogen-bond donors (Lipinski definition) is 1. The Hall–Kier alpha value is -2.87. The molecule has 0 saturated carbocycles. The zero-order valence-electron chi connectivity index (χ0n) is 13.8. The number of rotatable bonds is 5. The third-order valence-electron chi connectivity index (χ3n) is 4.17. The highest BCUT2D eigenvalue weighted by molar-refractivity contribution is 5.94. The van der Waals surface area contributed by atoms with Crippen molar-refractivity contribution in [1.82, 2.24) is 5.32 Å². The van der Waals surface area contributed by atoms with Crippen molar-refractivity contribution < 1.29 is 4.79 Å². The average molecular weight is 315 g/mol. The molecule has 120 valence electrons. The van der Waals surface area contributed by atoms with Gasteiger partial charge in [0.25, 0.3) is 5.91 Å². The van der Waals surface area contributed by atoms with Crippen LogP contribution < -0.4 is 5.32 Å². The van der Waals surface area contributed by atoms with E-state index in [1.165, 1.54) is 5.56 Å². The van der Waals surface area contributed by atoms with Gasteiger partial charge in [-0.25, -0.2) is 0 Å². The van der Waals surface area contributed by atoms with Gasteiger partial charge in [-0.3, -0.25) is 4.79 Å². The topological polar surface area (TPSA) is 29.1 Å². The normalized spacial score (nSPS) is 10.6. The van der Waals surface area contributed by atoms with Crippen molar-refractivity contribution in [3.8, 4) is 0 Å². The van der Waals surface area contributed by atoms with Crippen LogP contribution in [0.3, 0.4) is 0 Å². The maximum absolute atomic E-state index is 12.7. The minimum Gasteiger partial charge on any atom is -0.341 e. The zero-order valence-corrected chi connectivity index (χ0v) is 13.8. The van der Waals surface area contributed by atoms with E-state index in [4.69, 9.17) is 0 Å². The lowest BCUT2D eigenvalue weighted by atomic mass is 9.98. The Bertz CT molecular complexity index is 740. The predicted molar refractivity (Wildman–Crippen MR) is 98.0 cm³/mol. The van der Waals surface area contributed by atoms with Crippen molar-refractivity contribution in [2.24, 2.45) is 0 Å². The summed E-state index contributed by atoms with van der Waals surface area (Å²) in [5, 5.41) is 3.16. The molecule has 0 unspecified atom stereocenters. The van der Waals surface area contributed by atoms with Crippen LogP contribution in [0.15, 0.2) is 84.9 Å². The number of carbonyl (C=O) groups is 1. The van der Waals surface area contributed by atoms with Crippen LogP contribution >= 0.6 is 0 Å². The summed E-state index contributed by atoms with van der Waals surface area (Å²) in [4.78, 5) is 12.7. The van der Waals surface area contributed by atoms with Crippen molar-refractivity contribution >= 4 is 5.91 Å². The van der Waals surface area contributed by atoms with E-state index in [1.807, 2.05) is 84.9 Å². The lowest BCUT2D eigenvalue weighted by Gasteiger charge is -2.20. The van der Waals surface area contributed by atoms with Gasteiger partial charge < -0.3 is 5.32 Å². The van der Waals surface area contributed by atoms with Crippen LogP contribution in [0.1, 0.15) is 40.0 Å². The van der Waals surface area contributed by atoms with Gasteiger partial charge in [-0.1, -0.05) is 79.7 Å². The summed E-state index contributed by atoms with van der Waals surface area (Å²) in [6.07, 6.45) is 0.971. The van der Waals surface area contributed by atoms with Gasteiger partial charge in [0.2, 0.25) is 0 Å². The zero-order chi connectivity index (χ0) is 16.8. The molecule has 0 aliphatic rings.